The summed E-state index contributed by atoms with van der Waals surface area (Å²) < 4.78 is 0. The number of carbonyl (C=O) groups is 2. The molecule has 0 unspecified atom stereocenters. The Kier molecular flexibility index (Phi) is 4.55. The van der Waals surface area contributed by atoms with Gasteiger partial charge in [-0.1, -0.05) is 13.8 Å². The number of carboxylic acid groups (broad SMARTS) is 1. The van der Waals surface area contributed by atoms with E-state index in [2.05, 4.69) is 19.2 Å². The van der Waals surface area contributed by atoms with Crippen LogP contribution in [-0.2, 0) is 4.79 Å². The average Bonchev–Trinajstić information content (AvgIpc) is 2.38. The van der Waals surface area contributed by atoms with Crippen LogP contribution in [0.5, 0.6) is 0 Å². The second kappa shape index (κ2) is 6.02. The van der Waals surface area contributed by atoms with Crippen molar-refractivity contribution >= 4 is 12.0 Å². The molecule has 2 aliphatic rings. The van der Waals surface area contributed by atoms with Crippen molar-refractivity contribution in [3.8, 4) is 0 Å². The molecule has 114 valence electrons. The Hall–Kier alpha value is -1.26. The molecule has 2 rings (SSSR count). The van der Waals surface area contributed by atoms with Gasteiger partial charge in [0.2, 0.25) is 0 Å². The lowest BCUT2D eigenvalue weighted by atomic mass is 9.84. The average molecular weight is 282 g/mol. The summed E-state index contributed by atoms with van der Waals surface area (Å²) in [5.74, 6) is -0.926. The van der Waals surface area contributed by atoms with Gasteiger partial charge in [-0.3, -0.25) is 4.79 Å². The number of urea groups is 1. The second-order valence-electron chi connectivity index (χ2n) is 7.03. The third-order valence-corrected chi connectivity index (χ3v) is 4.59. The first-order chi connectivity index (χ1) is 9.37. The molecule has 0 bridgehead atoms. The Labute approximate surface area is 120 Å². The number of nitrogens with one attached hydrogen (secondary N) is 1. The van der Waals surface area contributed by atoms with Crippen molar-refractivity contribution in [3.05, 3.63) is 0 Å². The summed E-state index contributed by atoms with van der Waals surface area (Å²) in [4.78, 5) is 25.1. The summed E-state index contributed by atoms with van der Waals surface area (Å²) in [6.45, 7) is 6.04. The quantitative estimate of drug-likeness (QED) is 0.817. The first-order valence-electron chi connectivity index (χ1n) is 7.66. The number of nitrogens with zero attached hydrogens (tertiary/aromatic N) is 1. The van der Waals surface area contributed by atoms with Crippen molar-refractivity contribution in [2.45, 2.75) is 58.4 Å². The van der Waals surface area contributed by atoms with Crippen LogP contribution >= 0.6 is 0 Å². The zero-order chi connectivity index (χ0) is 14.8. The molecule has 0 radical (unpaired) electrons. The number of rotatable bonds is 2. The van der Waals surface area contributed by atoms with E-state index in [1.54, 1.807) is 0 Å². The SMILES string of the molecule is CC1(C)CCCN(C(=O)NC2CCC(C(=O)O)CC2)C1. The Balaban J connectivity index is 1.79. The second-order valence-corrected chi connectivity index (χ2v) is 7.03. The van der Waals surface area contributed by atoms with E-state index in [1.165, 1.54) is 6.42 Å². The van der Waals surface area contributed by atoms with Crippen LogP contribution in [0.4, 0.5) is 4.79 Å². The van der Waals surface area contributed by atoms with E-state index in [0.717, 1.165) is 32.4 Å². The number of carbonyl (C=O) groups excluding carboxylic acids is 1. The van der Waals surface area contributed by atoms with Gasteiger partial charge in [-0.05, 0) is 43.9 Å². The fourth-order valence-electron chi connectivity index (χ4n) is 3.35. The van der Waals surface area contributed by atoms with Gasteiger partial charge in [0, 0.05) is 19.1 Å². The van der Waals surface area contributed by atoms with Crippen molar-refractivity contribution in [2.24, 2.45) is 11.3 Å². The Morgan fingerprint density at radius 1 is 1.20 bits per heavy atom. The van der Waals surface area contributed by atoms with E-state index in [-0.39, 0.29) is 23.4 Å². The number of aliphatic carboxylic acids is 1. The molecule has 1 aliphatic heterocycles. The molecule has 1 saturated heterocycles. The molecule has 2 fully saturated rings. The van der Waals surface area contributed by atoms with Crippen molar-refractivity contribution in [1.82, 2.24) is 10.2 Å². The van der Waals surface area contributed by atoms with Gasteiger partial charge in [-0.15, -0.1) is 0 Å². The molecule has 1 heterocycles. The summed E-state index contributed by atoms with van der Waals surface area (Å²) in [6.07, 6.45) is 5.13. The number of hydrogen-bond donors (Lipinski definition) is 2. The maximum Gasteiger partial charge on any atom is 0.317 e. The fourth-order valence-corrected chi connectivity index (χ4v) is 3.35. The summed E-state index contributed by atoms with van der Waals surface area (Å²) in [5, 5.41) is 12.1. The molecule has 2 N–H and O–H groups in total. The number of amides is 2. The summed E-state index contributed by atoms with van der Waals surface area (Å²) in [5.41, 5.74) is 0.205. The highest BCUT2D eigenvalue weighted by Gasteiger charge is 2.31. The number of carboxylic acids is 1. The molecule has 0 aromatic carbocycles. The monoisotopic (exact) mass is 282 g/mol. The minimum atomic E-state index is -0.701. The zero-order valence-electron chi connectivity index (χ0n) is 12.5. The lowest BCUT2D eigenvalue weighted by Gasteiger charge is -2.39. The lowest BCUT2D eigenvalue weighted by molar-refractivity contribution is -0.142. The van der Waals surface area contributed by atoms with Crippen LogP contribution in [0.2, 0.25) is 0 Å². The number of likely N-dealkylation sites (tertiary alicyclic amines) is 1. The van der Waals surface area contributed by atoms with Crippen LogP contribution < -0.4 is 5.32 Å². The molecule has 1 aliphatic carbocycles. The van der Waals surface area contributed by atoms with Gasteiger partial charge in [0.05, 0.1) is 5.92 Å². The predicted molar refractivity (Wildman–Crippen MR) is 76.5 cm³/mol. The third kappa shape index (κ3) is 3.87. The third-order valence-electron chi connectivity index (χ3n) is 4.59. The van der Waals surface area contributed by atoms with Crippen LogP contribution in [0.15, 0.2) is 0 Å². The van der Waals surface area contributed by atoms with Gasteiger partial charge in [-0.25, -0.2) is 4.79 Å². The smallest absolute Gasteiger partial charge is 0.317 e. The molecule has 1 saturated carbocycles. The molecule has 0 aromatic heterocycles. The molecule has 5 nitrogen and oxygen atoms in total. The summed E-state index contributed by atoms with van der Waals surface area (Å²) in [6, 6.07) is 0.166. The molecular weight excluding hydrogens is 256 g/mol. The summed E-state index contributed by atoms with van der Waals surface area (Å²) in [7, 11) is 0. The molecule has 0 spiro atoms. The van der Waals surface area contributed by atoms with E-state index >= 15 is 0 Å². The Morgan fingerprint density at radius 2 is 1.85 bits per heavy atom. The van der Waals surface area contributed by atoms with Crippen LogP contribution in [0.25, 0.3) is 0 Å². The lowest BCUT2D eigenvalue weighted by Crippen LogP contribution is -2.51. The topological polar surface area (TPSA) is 69.6 Å². The van der Waals surface area contributed by atoms with Gasteiger partial charge in [0.1, 0.15) is 0 Å². The van der Waals surface area contributed by atoms with E-state index < -0.39 is 5.97 Å². The molecule has 0 aromatic rings. The number of piperidine rings is 1. The highest BCUT2D eigenvalue weighted by molar-refractivity contribution is 5.75. The van der Waals surface area contributed by atoms with Crippen molar-refractivity contribution in [3.63, 3.8) is 0 Å². The van der Waals surface area contributed by atoms with Crippen molar-refractivity contribution in [2.75, 3.05) is 13.1 Å². The molecule has 2 amide bonds. The van der Waals surface area contributed by atoms with E-state index in [9.17, 15) is 9.59 Å². The molecular formula is C15H26N2O3. The van der Waals surface area contributed by atoms with E-state index in [1.807, 2.05) is 4.90 Å². The van der Waals surface area contributed by atoms with Gasteiger partial charge < -0.3 is 15.3 Å². The van der Waals surface area contributed by atoms with Crippen LogP contribution in [0.1, 0.15) is 52.4 Å². The van der Waals surface area contributed by atoms with Crippen molar-refractivity contribution in [1.29, 1.82) is 0 Å². The minimum absolute atomic E-state index is 0.0246. The highest BCUT2D eigenvalue weighted by Crippen LogP contribution is 2.29. The van der Waals surface area contributed by atoms with Gasteiger partial charge in [0.25, 0.3) is 0 Å². The van der Waals surface area contributed by atoms with Crippen molar-refractivity contribution < 1.29 is 14.7 Å². The molecule has 5 heteroatoms. The van der Waals surface area contributed by atoms with Gasteiger partial charge >= 0.3 is 12.0 Å². The van der Waals surface area contributed by atoms with E-state index in [4.69, 9.17) is 5.11 Å². The summed E-state index contributed by atoms with van der Waals surface area (Å²) >= 11 is 0. The predicted octanol–water partition coefficient (Wildman–Crippen LogP) is 2.46. The van der Waals surface area contributed by atoms with Crippen LogP contribution in [0.3, 0.4) is 0 Å². The van der Waals surface area contributed by atoms with Crippen LogP contribution in [0, 0.1) is 11.3 Å². The Bertz CT molecular complexity index is 373. The molecule has 0 atom stereocenters. The fraction of sp³-hybridized carbons (Fsp3) is 0.867. The Morgan fingerprint density at radius 3 is 2.40 bits per heavy atom. The maximum absolute atomic E-state index is 12.3. The standard InChI is InChI=1S/C15H26N2O3/c1-15(2)8-3-9-17(10-15)14(20)16-12-6-4-11(5-7-12)13(18)19/h11-12H,3-10H2,1-2H3,(H,16,20)(H,18,19). The molecule has 20 heavy (non-hydrogen) atoms. The largest absolute Gasteiger partial charge is 0.481 e. The van der Waals surface area contributed by atoms with Crippen LogP contribution in [-0.4, -0.2) is 41.1 Å². The van der Waals surface area contributed by atoms with Gasteiger partial charge in [-0.2, -0.15) is 0 Å². The highest BCUT2D eigenvalue weighted by atomic mass is 16.4. The van der Waals surface area contributed by atoms with E-state index in [0.29, 0.717) is 12.8 Å². The maximum atomic E-state index is 12.3. The zero-order valence-corrected chi connectivity index (χ0v) is 12.5. The first-order valence-corrected chi connectivity index (χ1v) is 7.66. The normalized spacial score (nSPS) is 29.8. The minimum Gasteiger partial charge on any atom is -0.481 e. The van der Waals surface area contributed by atoms with Gasteiger partial charge in [0.15, 0.2) is 0 Å². The first kappa shape index (κ1) is 15.1. The number of hydrogen-bond acceptors (Lipinski definition) is 2.